The molecule has 1 aromatic carbocycles. The molecular weight excluding hydrogens is 279 g/mol. The van der Waals surface area contributed by atoms with E-state index in [1.807, 2.05) is 0 Å². The molecular formula is C14H21FN2O2S. The highest BCUT2D eigenvalue weighted by molar-refractivity contribution is 7.89. The van der Waals surface area contributed by atoms with Crippen LogP contribution in [-0.2, 0) is 10.0 Å². The molecule has 1 aromatic rings. The van der Waals surface area contributed by atoms with Gasteiger partial charge in [-0.1, -0.05) is 13.3 Å². The molecule has 0 heterocycles. The number of nitrogens with one attached hydrogen (secondary N) is 1. The number of nitrogen functional groups attached to an aromatic ring is 1. The smallest absolute Gasteiger partial charge is 0.240 e. The van der Waals surface area contributed by atoms with Gasteiger partial charge in [-0.3, -0.25) is 0 Å². The lowest BCUT2D eigenvalue weighted by Crippen LogP contribution is -2.37. The van der Waals surface area contributed by atoms with Crippen LogP contribution in [0.1, 0.15) is 39.0 Å². The van der Waals surface area contributed by atoms with Crippen molar-refractivity contribution in [3.05, 3.63) is 24.0 Å². The van der Waals surface area contributed by atoms with Crippen LogP contribution in [0.15, 0.2) is 23.1 Å². The number of rotatable bonds is 4. The molecule has 0 spiro atoms. The summed E-state index contributed by atoms with van der Waals surface area (Å²) in [5, 5.41) is 0. The summed E-state index contributed by atoms with van der Waals surface area (Å²) < 4.78 is 40.4. The molecule has 0 aromatic heterocycles. The van der Waals surface area contributed by atoms with Gasteiger partial charge in [-0.2, -0.15) is 0 Å². The van der Waals surface area contributed by atoms with E-state index in [-0.39, 0.29) is 16.6 Å². The van der Waals surface area contributed by atoms with Crippen LogP contribution in [0.4, 0.5) is 10.1 Å². The Kier molecular flexibility index (Phi) is 4.65. The maximum atomic E-state index is 13.4. The van der Waals surface area contributed by atoms with E-state index in [1.165, 1.54) is 12.1 Å². The average Bonchev–Trinajstić information content (AvgIpc) is 2.42. The van der Waals surface area contributed by atoms with Gasteiger partial charge in [-0.25, -0.2) is 17.5 Å². The summed E-state index contributed by atoms with van der Waals surface area (Å²) in [7, 11) is -3.67. The van der Waals surface area contributed by atoms with Crippen LogP contribution >= 0.6 is 0 Å². The molecule has 3 N–H and O–H groups in total. The predicted molar refractivity (Wildman–Crippen MR) is 77.2 cm³/mol. The molecule has 2 rings (SSSR count). The molecule has 0 saturated heterocycles. The van der Waals surface area contributed by atoms with Crippen molar-refractivity contribution in [3.63, 3.8) is 0 Å². The second-order valence-corrected chi connectivity index (χ2v) is 7.14. The molecule has 1 fully saturated rings. The first-order valence-corrected chi connectivity index (χ1v) is 8.48. The Bertz CT molecular complexity index is 567. The summed E-state index contributed by atoms with van der Waals surface area (Å²) in [5.41, 5.74) is 5.31. The molecule has 0 unspecified atom stereocenters. The van der Waals surface area contributed by atoms with Gasteiger partial charge in [0.15, 0.2) is 0 Å². The van der Waals surface area contributed by atoms with Crippen LogP contribution in [0.3, 0.4) is 0 Å². The Hall–Kier alpha value is -1.14. The minimum Gasteiger partial charge on any atom is -0.396 e. The van der Waals surface area contributed by atoms with Gasteiger partial charge in [0.05, 0.1) is 10.6 Å². The number of sulfonamides is 1. The monoisotopic (exact) mass is 300 g/mol. The first-order chi connectivity index (χ1) is 9.42. The van der Waals surface area contributed by atoms with Gasteiger partial charge in [0.1, 0.15) is 5.82 Å². The third kappa shape index (κ3) is 3.49. The summed E-state index contributed by atoms with van der Waals surface area (Å²) in [6.07, 6.45) is 4.91. The predicted octanol–water partition coefficient (Wildman–Crippen LogP) is 2.66. The minimum absolute atomic E-state index is 0.0487. The number of hydrogen-bond donors (Lipinski definition) is 2. The van der Waals surface area contributed by atoms with Gasteiger partial charge in [0, 0.05) is 6.04 Å². The van der Waals surface area contributed by atoms with Gasteiger partial charge in [0.25, 0.3) is 0 Å². The highest BCUT2D eigenvalue weighted by atomic mass is 32.2. The molecule has 112 valence electrons. The van der Waals surface area contributed by atoms with E-state index in [9.17, 15) is 12.8 Å². The fourth-order valence-electron chi connectivity index (χ4n) is 2.65. The topological polar surface area (TPSA) is 72.2 Å². The van der Waals surface area contributed by atoms with Gasteiger partial charge in [-0.05, 0) is 49.8 Å². The number of hydrogen-bond acceptors (Lipinski definition) is 3. The van der Waals surface area contributed by atoms with E-state index < -0.39 is 15.8 Å². The second-order valence-electron chi connectivity index (χ2n) is 5.43. The number of nitrogens with two attached hydrogens (primary N) is 1. The van der Waals surface area contributed by atoms with Crippen LogP contribution in [0.5, 0.6) is 0 Å². The van der Waals surface area contributed by atoms with E-state index in [0.29, 0.717) is 5.92 Å². The quantitative estimate of drug-likeness (QED) is 0.840. The van der Waals surface area contributed by atoms with E-state index in [2.05, 4.69) is 11.6 Å². The van der Waals surface area contributed by atoms with Crippen LogP contribution in [-0.4, -0.2) is 14.5 Å². The third-order valence-corrected chi connectivity index (χ3v) is 5.55. The molecule has 6 heteroatoms. The molecule has 0 aliphatic heterocycles. The standard InChI is InChI=1S/C14H21FN2O2S/c1-2-10-3-5-11(6-4-10)17-20(18,19)12-7-8-14(16)13(15)9-12/h7-11,17H,2-6,16H2,1H3. The van der Waals surface area contributed by atoms with E-state index >= 15 is 0 Å². The summed E-state index contributed by atoms with van der Waals surface area (Å²) in [5.74, 6) is -0.00714. The van der Waals surface area contributed by atoms with Crippen LogP contribution in [0.2, 0.25) is 0 Å². The zero-order valence-electron chi connectivity index (χ0n) is 11.6. The van der Waals surface area contributed by atoms with Crippen molar-refractivity contribution >= 4 is 15.7 Å². The fourth-order valence-corrected chi connectivity index (χ4v) is 3.97. The van der Waals surface area contributed by atoms with Gasteiger partial charge in [-0.15, -0.1) is 0 Å². The van der Waals surface area contributed by atoms with Crippen molar-refractivity contribution in [2.75, 3.05) is 5.73 Å². The molecule has 1 saturated carbocycles. The summed E-state index contributed by atoms with van der Waals surface area (Å²) in [6.45, 7) is 2.16. The lowest BCUT2D eigenvalue weighted by atomic mass is 9.85. The molecule has 20 heavy (non-hydrogen) atoms. The van der Waals surface area contributed by atoms with E-state index in [4.69, 9.17) is 5.73 Å². The van der Waals surface area contributed by atoms with Crippen molar-refractivity contribution in [1.82, 2.24) is 4.72 Å². The zero-order chi connectivity index (χ0) is 14.8. The van der Waals surface area contributed by atoms with Gasteiger partial charge in [0.2, 0.25) is 10.0 Å². The average molecular weight is 300 g/mol. The molecule has 0 atom stereocenters. The van der Waals surface area contributed by atoms with Crippen molar-refractivity contribution in [1.29, 1.82) is 0 Å². The van der Waals surface area contributed by atoms with Crippen LogP contribution in [0.25, 0.3) is 0 Å². The molecule has 0 amide bonds. The van der Waals surface area contributed by atoms with E-state index in [1.54, 1.807) is 0 Å². The summed E-state index contributed by atoms with van der Waals surface area (Å²) >= 11 is 0. The molecule has 0 bridgehead atoms. The third-order valence-electron chi connectivity index (χ3n) is 4.03. The number of anilines is 1. The number of halogens is 1. The Morgan fingerprint density at radius 2 is 1.95 bits per heavy atom. The zero-order valence-corrected chi connectivity index (χ0v) is 12.4. The molecule has 1 aliphatic carbocycles. The van der Waals surface area contributed by atoms with Crippen LogP contribution < -0.4 is 10.5 Å². The van der Waals surface area contributed by atoms with Gasteiger partial charge >= 0.3 is 0 Å². The molecule has 4 nitrogen and oxygen atoms in total. The highest BCUT2D eigenvalue weighted by Gasteiger charge is 2.25. The highest BCUT2D eigenvalue weighted by Crippen LogP contribution is 2.27. The minimum atomic E-state index is -3.67. The van der Waals surface area contributed by atoms with Crippen molar-refractivity contribution in [3.8, 4) is 0 Å². The Morgan fingerprint density at radius 3 is 2.50 bits per heavy atom. The Morgan fingerprint density at radius 1 is 1.30 bits per heavy atom. The van der Waals surface area contributed by atoms with Gasteiger partial charge < -0.3 is 5.73 Å². The van der Waals surface area contributed by atoms with Crippen LogP contribution in [0, 0.1) is 11.7 Å². The summed E-state index contributed by atoms with van der Waals surface area (Å²) in [4.78, 5) is -0.0678. The maximum Gasteiger partial charge on any atom is 0.240 e. The Balaban J connectivity index is 2.06. The fraction of sp³-hybridized carbons (Fsp3) is 0.571. The van der Waals surface area contributed by atoms with Crippen molar-refractivity contribution in [2.24, 2.45) is 5.92 Å². The normalized spacial score (nSPS) is 23.7. The largest absolute Gasteiger partial charge is 0.396 e. The first-order valence-electron chi connectivity index (χ1n) is 6.99. The number of benzene rings is 1. The SMILES string of the molecule is CCC1CCC(NS(=O)(=O)c2ccc(N)c(F)c2)CC1. The van der Waals surface area contributed by atoms with E-state index in [0.717, 1.165) is 38.2 Å². The second kappa shape index (κ2) is 6.10. The first kappa shape index (κ1) is 15.3. The maximum absolute atomic E-state index is 13.4. The lowest BCUT2D eigenvalue weighted by Gasteiger charge is -2.28. The van der Waals surface area contributed by atoms with Crippen molar-refractivity contribution in [2.45, 2.75) is 50.0 Å². The molecule has 1 aliphatic rings. The molecule has 0 radical (unpaired) electrons. The summed E-state index contributed by atoms with van der Waals surface area (Å²) in [6, 6.07) is 3.52. The lowest BCUT2D eigenvalue weighted by molar-refractivity contribution is 0.306. The van der Waals surface area contributed by atoms with Crippen molar-refractivity contribution < 1.29 is 12.8 Å². The Labute approximate surface area is 119 Å².